The highest BCUT2D eigenvalue weighted by Crippen LogP contribution is 2.31. The van der Waals surface area contributed by atoms with Gasteiger partial charge in [0.05, 0.1) is 12.6 Å². The monoisotopic (exact) mass is 317 g/mol. The zero-order chi connectivity index (χ0) is 15.5. The summed E-state index contributed by atoms with van der Waals surface area (Å²) < 4.78 is 5.58. The van der Waals surface area contributed by atoms with Gasteiger partial charge in [-0.1, -0.05) is 18.2 Å². The first-order valence-electron chi connectivity index (χ1n) is 6.89. The first kappa shape index (κ1) is 14.5. The van der Waals surface area contributed by atoms with E-state index in [0.717, 1.165) is 11.3 Å². The minimum absolute atomic E-state index is 0.0941. The lowest BCUT2D eigenvalue weighted by Gasteiger charge is -2.26. The minimum atomic E-state index is -0.255. The molecule has 1 aromatic carbocycles. The molecule has 1 aromatic heterocycles. The number of hydrogen-bond acceptors (Lipinski definition) is 5. The van der Waals surface area contributed by atoms with Crippen LogP contribution in [0.1, 0.15) is 35.4 Å². The molecule has 2 N–H and O–H groups in total. The molecule has 1 atom stereocenters. The van der Waals surface area contributed by atoms with Crippen molar-refractivity contribution in [2.45, 2.75) is 19.4 Å². The predicted octanol–water partition coefficient (Wildman–Crippen LogP) is 2.36. The topological polar surface area (TPSA) is 80.3 Å². The second-order valence-electron chi connectivity index (χ2n) is 4.92. The van der Waals surface area contributed by atoms with Crippen molar-refractivity contribution in [2.24, 2.45) is 0 Å². The van der Waals surface area contributed by atoms with E-state index in [-0.39, 0.29) is 17.9 Å². The number of nitrogens with zero attached hydrogens (tertiary/aromatic N) is 1. The van der Waals surface area contributed by atoms with Crippen LogP contribution in [0.5, 0.6) is 5.75 Å². The van der Waals surface area contributed by atoms with Crippen LogP contribution in [-0.2, 0) is 4.79 Å². The van der Waals surface area contributed by atoms with Gasteiger partial charge in [-0.15, -0.1) is 11.3 Å². The van der Waals surface area contributed by atoms with E-state index < -0.39 is 0 Å². The Hall–Kier alpha value is -2.41. The van der Waals surface area contributed by atoms with Crippen molar-refractivity contribution < 1.29 is 14.3 Å². The Labute approximate surface area is 131 Å². The number of amides is 2. The molecule has 0 bridgehead atoms. The number of fused-ring (bicyclic) bond motifs is 1. The second kappa shape index (κ2) is 6.15. The smallest absolute Gasteiger partial charge is 0.271 e. The third-order valence-corrected chi connectivity index (χ3v) is 4.04. The predicted molar refractivity (Wildman–Crippen MR) is 83.2 cm³/mol. The van der Waals surface area contributed by atoms with E-state index in [4.69, 9.17) is 4.74 Å². The summed E-state index contributed by atoms with van der Waals surface area (Å²) in [6, 6.07) is 7.57. The fraction of sp³-hybridized carbons (Fsp3) is 0.267. The largest absolute Gasteiger partial charge is 0.493 e. The van der Waals surface area contributed by atoms with Crippen molar-refractivity contribution in [2.75, 3.05) is 11.9 Å². The number of hydrogen-bond donors (Lipinski definition) is 2. The fourth-order valence-electron chi connectivity index (χ4n) is 2.31. The van der Waals surface area contributed by atoms with Crippen LogP contribution < -0.4 is 15.4 Å². The van der Waals surface area contributed by atoms with Crippen LogP contribution in [0.4, 0.5) is 5.13 Å². The molecule has 1 aliphatic heterocycles. The number of benzene rings is 1. The Balaban J connectivity index is 1.72. The molecule has 1 aliphatic rings. The molecule has 0 radical (unpaired) electrons. The van der Waals surface area contributed by atoms with Crippen LogP contribution in [-0.4, -0.2) is 23.4 Å². The Morgan fingerprint density at radius 3 is 3.00 bits per heavy atom. The molecule has 3 rings (SSSR count). The molecule has 0 unspecified atom stereocenters. The lowest BCUT2D eigenvalue weighted by atomic mass is 10.0. The van der Waals surface area contributed by atoms with Crippen LogP contribution >= 0.6 is 11.3 Å². The Bertz CT molecular complexity index is 714. The summed E-state index contributed by atoms with van der Waals surface area (Å²) in [5, 5.41) is 7.59. The minimum Gasteiger partial charge on any atom is -0.493 e. The van der Waals surface area contributed by atoms with Gasteiger partial charge in [-0.05, 0) is 6.07 Å². The van der Waals surface area contributed by atoms with Crippen molar-refractivity contribution in [3.8, 4) is 5.75 Å². The molecule has 0 aliphatic carbocycles. The number of anilines is 1. The van der Waals surface area contributed by atoms with E-state index >= 15 is 0 Å². The molecule has 0 saturated carbocycles. The summed E-state index contributed by atoms with van der Waals surface area (Å²) in [6.45, 7) is 1.97. The first-order valence-corrected chi connectivity index (χ1v) is 7.77. The van der Waals surface area contributed by atoms with Crippen molar-refractivity contribution >= 4 is 28.3 Å². The van der Waals surface area contributed by atoms with Crippen LogP contribution in [0.2, 0.25) is 0 Å². The van der Waals surface area contributed by atoms with E-state index in [1.165, 1.54) is 18.3 Å². The van der Waals surface area contributed by atoms with E-state index in [1.54, 1.807) is 5.38 Å². The van der Waals surface area contributed by atoms with Crippen molar-refractivity contribution in [1.29, 1.82) is 0 Å². The van der Waals surface area contributed by atoms with Gasteiger partial charge in [-0.3, -0.25) is 9.59 Å². The van der Waals surface area contributed by atoms with Gasteiger partial charge in [0.15, 0.2) is 5.13 Å². The zero-order valence-corrected chi connectivity index (χ0v) is 12.8. The highest BCUT2D eigenvalue weighted by atomic mass is 32.1. The standard InChI is InChI=1S/C15H15N3O3S/c1-9(19)16-15-18-12(8-22-15)14(20)17-11-6-7-21-13-5-3-2-4-10(11)13/h2-5,8,11H,6-7H2,1H3,(H,17,20)(H,16,18,19)/t11-/m1/s1. The average Bonchev–Trinajstić information content (AvgIpc) is 2.95. The molecule has 7 heteroatoms. The van der Waals surface area contributed by atoms with E-state index in [2.05, 4.69) is 15.6 Å². The maximum absolute atomic E-state index is 12.3. The third kappa shape index (κ3) is 3.09. The van der Waals surface area contributed by atoms with Gasteiger partial charge >= 0.3 is 0 Å². The summed E-state index contributed by atoms with van der Waals surface area (Å²) >= 11 is 1.23. The highest BCUT2D eigenvalue weighted by molar-refractivity contribution is 7.14. The van der Waals surface area contributed by atoms with Gasteiger partial charge in [-0.2, -0.15) is 0 Å². The van der Waals surface area contributed by atoms with E-state index in [0.29, 0.717) is 23.9 Å². The summed E-state index contributed by atoms with van der Waals surface area (Å²) in [6.07, 6.45) is 0.714. The molecule has 0 spiro atoms. The number of aromatic nitrogens is 1. The van der Waals surface area contributed by atoms with Crippen LogP contribution in [0.15, 0.2) is 29.6 Å². The molecular formula is C15H15N3O3S. The third-order valence-electron chi connectivity index (χ3n) is 3.28. The van der Waals surface area contributed by atoms with Crippen molar-refractivity contribution in [3.05, 3.63) is 40.9 Å². The van der Waals surface area contributed by atoms with E-state index in [1.807, 2.05) is 24.3 Å². The van der Waals surface area contributed by atoms with E-state index in [9.17, 15) is 9.59 Å². The van der Waals surface area contributed by atoms with Gasteiger partial charge in [0.2, 0.25) is 5.91 Å². The van der Waals surface area contributed by atoms with Gasteiger partial charge in [0.1, 0.15) is 11.4 Å². The normalized spacial score (nSPS) is 16.3. The molecule has 2 amide bonds. The van der Waals surface area contributed by atoms with Crippen molar-refractivity contribution in [3.63, 3.8) is 0 Å². The molecule has 114 valence electrons. The number of thiazole rings is 1. The molecule has 2 heterocycles. The lowest BCUT2D eigenvalue weighted by Crippen LogP contribution is -2.32. The van der Waals surface area contributed by atoms with Gasteiger partial charge in [-0.25, -0.2) is 4.98 Å². The Kier molecular flexibility index (Phi) is 4.06. The quantitative estimate of drug-likeness (QED) is 0.910. The lowest BCUT2D eigenvalue weighted by molar-refractivity contribution is -0.114. The molecular weight excluding hydrogens is 302 g/mol. The summed E-state index contributed by atoms with van der Waals surface area (Å²) in [7, 11) is 0. The molecule has 2 aromatic rings. The van der Waals surface area contributed by atoms with Crippen LogP contribution in [0, 0.1) is 0 Å². The summed E-state index contributed by atoms with van der Waals surface area (Å²) in [4.78, 5) is 27.4. The van der Waals surface area contributed by atoms with Crippen LogP contribution in [0.25, 0.3) is 0 Å². The Morgan fingerprint density at radius 2 is 2.18 bits per heavy atom. The zero-order valence-electron chi connectivity index (χ0n) is 12.0. The first-order chi connectivity index (χ1) is 10.6. The van der Waals surface area contributed by atoms with Crippen molar-refractivity contribution in [1.82, 2.24) is 10.3 Å². The van der Waals surface area contributed by atoms with Gasteiger partial charge in [0.25, 0.3) is 5.91 Å². The fourth-order valence-corrected chi connectivity index (χ4v) is 3.05. The SMILES string of the molecule is CC(=O)Nc1nc(C(=O)N[C@@H]2CCOc3ccccc32)cs1. The molecule has 22 heavy (non-hydrogen) atoms. The molecule has 0 fully saturated rings. The van der Waals surface area contributed by atoms with Gasteiger partial charge < -0.3 is 15.4 Å². The Morgan fingerprint density at radius 1 is 1.36 bits per heavy atom. The number of rotatable bonds is 3. The second-order valence-corrected chi connectivity index (χ2v) is 5.78. The highest BCUT2D eigenvalue weighted by Gasteiger charge is 2.24. The van der Waals surface area contributed by atoms with Crippen LogP contribution in [0.3, 0.4) is 0 Å². The number of carbonyl (C=O) groups is 2. The molecule has 6 nitrogen and oxygen atoms in total. The maximum atomic E-state index is 12.3. The van der Waals surface area contributed by atoms with Gasteiger partial charge in [0, 0.05) is 24.3 Å². The average molecular weight is 317 g/mol. The summed E-state index contributed by atoms with van der Waals surface area (Å²) in [5.74, 6) is 0.338. The summed E-state index contributed by atoms with van der Waals surface area (Å²) in [5.41, 5.74) is 1.28. The number of carbonyl (C=O) groups excluding carboxylic acids is 2. The maximum Gasteiger partial charge on any atom is 0.271 e. The molecule has 0 saturated heterocycles. The number of ether oxygens (including phenoxy) is 1. The number of para-hydroxylation sites is 1. The number of nitrogens with one attached hydrogen (secondary N) is 2.